The van der Waals surface area contributed by atoms with Crippen LogP contribution in [-0.2, 0) is 4.74 Å². The van der Waals surface area contributed by atoms with Gasteiger partial charge in [0.15, 0.2) is 0 Å². The molecule has 4 nitrogen and oxygen atoms in total. The number of fused-ring (bicyclic) bond motifs is 1. The maximum absolute atomic E-state index is 6.05. The molecular formula is C17H33N3O. The van der Waals surface area contributed by atoms with Gasteiger partial charge in [-0.15, -0.1) is 0 Å². The molecule has 0 bridgehead atoms. The molecule has 0 aromatic carbocycles. The molecule has 0 aromatic heterocycles. The van der Waals surface area contributed by atoms with Crippen LogP contribution in [0.1, 0.15) is 39.5 Å². The van der Waals surface area contributed by atoms with Gasteiger partial charge >= 0.3 is 0 Å². The first-order valence-electron chi connectivity index (χ1n) is 9.07. The minimum atomic E-state index is 0.400. The monoisotopic (exact) mass is 295 g/mol. The number of piperidine rings is 1. The second-order valence-electron chi connectivity index (χ2n) is 7.21. The molecule has 0 saturated carbocycles. The molecule has 0 aliphatic carbocycles. The minimum Gasteiger partial charge on any atom is -0.374 e. The zero-order valence-electron chi connectivity index (χ0n) is 13.9. The Hall–Kier alpha value is -0.160. The van der Waals surface area contributed by atoms with Gasteiger partial charge in [0.25, 0.3) is 0 Å². The molecule has 3 heterocycles. The number of rotatable bonds is 5. The highest BCUT2D eigenvalue weighted by Gasteiger charge is 2.32. The second kappa shape index (κ2) is 7.40. The SMILES string of the molecule is CCN1CCC(C(C)NCC2CN3CCCC3CO2)CC1. The van der Waals surface area contributed by atoms with Crippen LogP contribution >= 0.6 is 0 Å². The van der Waals surface area contributed by atoms with Gasteiger partial charge in [-0.1, -0.05) is 6.92 Å². The Balaban J connectivity index is 1.37. The van der Waals surface area contributed by atoms with Crippen molar-refractivity contribution in [2.75, 3.05) is 45.9 Å². The normalized spacial score (nSPS) is 34.0. The third-order valence-electron chi connectivity index (χ3n) is 5.92. The highest BCUT2D eigenvalue weighted by molar-refractivity contribution is 4.87. The molecule has 0 spiro atoms. The van der Waals surface area contributed by atoms with Crippen molar-refractivity contribution in [2.45, 2.75) is 57.7 Å². The Morgan fingerprint density at radius 3 is 2.76 bits per heavy atom. The average Bonchev–Trinajstić information content (AvgIpc) is 3.00. The van der Waals surface area contributed by atoms with Crippen molar-refractivity contribution in [1.82, 2.24) is 15.1 Å². The molecular weight excluding hydrogens is 262 g/mol. The summed E-state index contributed by atoms with van der Waals surface area (Å²) in [5, 5.41) is 3.76. The van der Waals surface area contributed by atoms with E-state index in [9.17, 15) is 0 Å². The van der Waals surface area contributed by atoms with Crippen molar-refractivity contribution in [3.05, 3.63) is 0 Å². The largest absolute Gasteiger partial charge is 0.374 e. The predicted molar refractivity (Wildman–Crippen MR) is 86.6 cm³/mol. The van der Waals surface area contributed by atoms with E-state index in [2.05, 4.69) is 29.0 Å². The van der Waals surface area contributed by atoms with Crippen molar-refractivity contribution < 1.29 is 4.74 Å². The highest BCUT2D eigenvalue weighted by atomic mass is 16.5. The molecule has 3 aliphatic rings. The fraction of sp³-hybridized carbons (Fsp3) is 1.00. The van der Waals surface area contributed by atoms with Crippen LogP contribution < -0.4 is 5.32 Å². The topological polar surface area (TPSA) is 27.7 Å². The van der Waals surface area contributed by atoms with E-state index in [1.165, 1.54) is 51.9 Å². The lowest BCUT2D eigenvalue weighted by atomic mass is 9.90. The molecule has 0 amide bonds. The van der Waals surface area contributed by atoms with E-state index in [1.807, 2.05) is 0 Å². The van der Waals surface area contributed by atoms with Crippen LogP contribution in [0.25, 0.3) is 0 Å². The molecule has 3 unspecified atom stereocenters. The summed E-state index contributed by atoms with van der Waals surface area (Å²) in [5.41, 5.74) is 0. The fourth-order valence-corrected chi connectivity index (χ4v) is 4.26. The lowest BCUT2D eigenvalue weighted by Crippen LogP contribution is -2.51. The summed E-state index contributed by atoms with van der Waals surface area (Å²) in [5.74, 6) is 0.843. The van der Waals surface area contributed by atoms with E-state index >= 15 is 0 Å². The molecule has 4 heteroatoms. The smallest absolute Gasteiger partial charge is 0.0827 e. The first-order chi connectivity index (χ1) is 10.3. The van der Waals surface area contributed by atoms with Gasteiger partial charge in [-0.2, -0.15) is 0 Å². The quantitative estimate of drug-likeness (QED) is 0.833. The van der Waals surface area contributed by atoms with Gasteiger partial charge in [-0.25, -0.2) is 0 Å². The first kappa shape index (κ1) is 15.7. The number of ether oxygens (including phenoxy) is 1. The minimum absolute atomic E-state index is 0.400. The van der Waals surface area contributed by atoms with E-state index in [0.29, 0.717) is 12.1 Å². The van der Waals surface area contributed by atoms with Gasteiger partial charge in [0.2, 0.25) is 0 Å². The van der Waals surface area contributed by atoms with E-state index in [1.54, 1.807) is 0 Å². The van der Waals surface area contributed by atoms with Crippen LogP contribution in [0.15, 0.2) is 0 Å². The Bertz CT molecular complexity index is 317. The summed E-state index contributed by atoms with van der Waals surface area (Å²) in [6, 6.07) is 1.35. The zero-order valence-corrected chi connectivity index (χ0v) is 13.9. The molecule has 21 heavy (non-hydrogen) atoms. The first-order valence-corrected chi connectivity index (χ1v) is 9.07. The molecule has 122 valence electrons. The van der Waals surface area contributed by atoms with Crippen LogP contribution in [0, 0.1) is 5.92 Å². The van der Waals surface area contributed by atoms with E-state index in [-0.39, 0.29) is 0 Å². The summed E-state index contributed by atoms with van der Waals surface area (Å²) in [4.78, 5) is 5.21. The van der Waals surface area contributed by atoms with Crippen LogP contribution in [0.2, 0.25) is 0 Å². The lowest BCUT2D eigenvalue weighted by Gasteiger charge is -2.37. The standard InChI is InChI=1S/C17H33N3O/c1-3-19-9-6-15(7-10-19)14(2)18-11-17-12-20-8-4-5-16(20)13-21-17/h14-18H,3-13H2,1-2H3. The third-order valence-corrected chi connectivity index (χ3v) is 5.92. The van der Waals surface area contributed by atoms with Crippen LogP contribution in [0.5, 0.6) is 0 Å². The summed E-state index contributed by atoms with van der Waals surface area (Å²) in [7, 11) is 0. The van der Waals surface area contributed by atoms with E-state index in [4.69, 9.17) is 4.74 Å². The van der Waals surface area contributed by atoms with E-state index in [0.717, 1.165) is 31.7 Å². The number of morpholine rings is 1. The number of nitrogens with zero attached hydrogens (tertiary/aromatic N) is 2. The number of hydrogen-bond donors (Lipinski definition) is 1. The van der Waals surface area contributed by atoms with Gasteiger partial charge in [0.1, 0.15) is 0 Å². The maximum Gasteiger partial charge on any atom is 0.0827 e. The van der Waals surface area contributed by atoms with Gasteiger partial charge in [-0.05, 0) is 64.7 Å². The van der Waals surface area contributed by atoms with Crippen LogP contribution in [0.4, 0.5) is 0 Å². The Morgan fingerprint density at radius 1 is 1.19 bits per heavy atom. The van der Waals surface area contributed by atoms with Crippen LogP contribution in [0.3, 0.4) is 0 Å². The van der Waals surface area contributed by atoms with Crippen molar-refractivity contribution in [3.63, 3.8) is 0 Å². The number of nitrogens with one attached hydrogen (secondary N) is 1. The second-order valence-corrected chi connectivity index (χ2v) is 7.21. The fourth-order valence-electron chi connectivity index (χ4n) is 4.26. The predicted octanol–water partition coefficient (Wildman–Crippen LogP) is 1.56. The molecule has 0 radical (unpaired) electrons. The third kappa shape index (κ3) is 3.98. The Labute approximate surface area is 130 Å². The summed E-state index contributed by atoms with van der Waals surface area (Å²) in [6.45, 7) is 12.8. The Morgan fingerprint density at radius 2 is 2.00 bits per heavy atom. The molecule has 3 atom stereocenters. The highest BCUT2D eigenvalue weighted by Crippen LogP contribution is 2.23. The van der Waals surface area contributed by atoms with Crippen molar-refractivity contribution in [2.24, 2.45) is 5.92 Å². The zero-order chi connectivity index (χ0) is 14.7. The molecule has 3 saturated heterocycles. The van der Waals surface area contributed by atoms with Gasteiger partial charge in [0.05, 0.1) is 12.7 Å². The van der Waals surface area contributed by atoms with Crippen molar-refractivity contribution in [1.29, 1.82) is 0 Å². The molecule has 0 aromatic rings. The summed E-state index contributed by atoms with van der Waals surface area (Å²) in [6.07, 6.45) is 5.80. The van der Waals surface area contributed by atoms with Crippen molar-refractivity contribution in [3.8, 4) is 0 Å². The average molecular weight is 295 g/mol. The molecule has 1 N–H and O–H groups in total. The summed E-state index contributed by atoms with van der Waals surface area (Å²) >= 11 is 0. The molecule has 3 aliphatic heterocycles. The lowest BCUT2D eigenvalue weighted by molar-refractivity contribution is -0.0485. The van der Waals surface area contributed by atoms with Crippen molar-refractivity contribution >= 4 is 0 Å². The molecule has 3 fully saturated rings. The Kier molecular flexibility index (Phi) is 5.54. The number of likely N-dealkylation sites (tertiary alicyclic amines) is 1. The number of hydrogen-bond acceptors (Lipinski definition) is 4. The van der Waals surface area contributed by atoms with Gasteiger partial charge in [0, 0.05) is 25.2 Å². The maximum atomic E-state index is 6.05. The van der Waals surface area contributed by atoms with Gasteiger partial charge < -0.3 is 15.0 Å². The van der Waals surface area contributed by atoms with E-state index < -0.39 is 0 Å². The van der Waals surface area contributed by atoms with Gasteiger partial charge in [-0.3, -0.25) is 4.90 Å². The summed E-state index contributed by atoms with van der Waals surface area (Å²) < 4.78 is 6.05. The van der Waals surface area contributed by atoms with Crippen LogP contribution in [-0.4, -0.2) is 73.9 Å². The molecule has 3 rings (SSSR count).